The minimum Gasteiger partial charge on any atom is -0.327 e. The zero-order chi connectivity index (χ0) is 12.7. The Morgan fingerprint density at radius 3 is 2.47 bits per heavy atom. The van der Waals surface area contributed by atoms with E-state index in [4.69, 9.17) is 5.73 Å². The number of halogens is 1. The number of nitrogens with two attached hydrogens (primary N) is 1. The topological polar surface area (TPSA) is 26.0 Å². The molecule has 96 valence electrons. The molecule has 1 unspecified atom stereocenters. The van der Waals surface area contributed by atoms with E-state index in [1.807, 2.05) is 17.8 Å². The van der Waals surface area contributed by atoms with Crippen molar-refractivity contribution in [2.45, 2.75) is 44.0 Å². The quantitative estimate of drug-likeness (QED) is 0.738. The second-order valence-corrected chi connectivity index (χ2v) is 6.34. The molecule has 1 atom stereocenters. The van der Waals surface area contributed by atoms with Crippen LogP contribution in [0.15, 0.2) is 33.6 Å². The lowest BCUT2D eigenvalue weighted by Gasteiger charge is -2.18. The van der Waals surface area contributed by atoms with E-state index in [2.05, 4.69) is 48.0 Å². The van der Waals surface area contributed by atoms with Crippen LogP contribution in [0.5, 0.6) is 0 Å². The molecule has 0 saturated heterocycles. The van der Waals surface area contributed by atoms with Crippen molar-refractivity contribution in [2.75, 3.05) is 5.75 Å². The Morgan fingerprint density at radius 1 is 1.24 bits per heavy atom. The average Bonchev–Trinajstić information content (AvgIpc) is 2.35. The molecule has 0 amide bonds. The molecule has 0 saturated carbocycles. The molecule has 0 bridgehead atoms. The third kappa shape index (κ3) is 5.45. The van der Waals surface area contributed by atoms with Gasteiger partial charge in [0.25, 0.3) is 0 Å². The molecule has 1 aromatic carbocycles. The smallest absolute Gasteiger partial charge is 0.0311 e. The molecular weight excluding hydrogens is 294 g/mol. The van der Waals surface area contributed by atoms with E-state index in [9.17, 15) is 0 Å². The first kappa shape index (κ1) is 15.1. The first-order chi connectivity index (χ1) is 8.17. The van der Waals surface area contributed by atoms with Gasteiger partial charge in [0.1, 0.15) is 0 Å². The van der Waals surface area contributed by atoms with Crippen molar-refractivity contribution in [3.63, 3.8) is 0 Å². The highest BCUT2D eigenvalue weighted by Gasteiger charge is 2.11. The molecule has 1 aromatic rings. The highest BCUT2D eigenvalue weighted by Crippen LogP contribution is 2.28. The zero-order valence-electron chi connectivity index (χ0n) is 10.7. The van der Waals surface area contributed by atoms with Crippen LogP contribution in [0.2, 0.25) is 0 Å². The largest absolute Gasteiger partial charge is 0.327 e. The second kappa shape index (κ2) is 8.17. The fourth-order valence-electron chi connectivity index (χ4n) is 1.88. The first-order valence-corrected chi connectivity index (χ1v) is 8.08. The van der Waals surface area contributed by atoms with Crippen LogP contribution in [0, 0.1) is 5.92 Å². The fraction of sp³-hybridized carbons (Fsp3) is 0.571. The molecule has 1 rings (SSSR count). The number of thioether (sulfide) groups is 1. The van der Waals surface area contributed by atoms with Crippen LogP contribution < -0.4 is 5.73 Å². The van der Waals surface area contributed by atoms with Gasteiger partial charge in [0.2, 0.25) is 0 Å². The molecule has 0 aliphatic heterocycles. The number of rotatable bonds is 7. The summed E-state index contributed by atoms with van der Waals surface area (Å²) in [6.45, 7) is 4.50. The van der Waals surface area contributed by atoms with Crippen molar-refractivity contribution in [1.82, 2.24) is 0 Å². The van der Waals surface area contributed by atoms with Gasteiger partial charge in [-0.2, -0.15) is 0 Å². The standard InChI is InChI=1S/C14H22BrNS/c1-3-11(4-2)9-12(16)10-17-14-8-6-5-7-13(14)15/h5-8,11-12H,3-4,9-10,16H2,1-2H3. The summed E-state index contributed by atoms with van der Waals surface area (Å²) in [4.78, 5) is 1.28. The summed E-state index contributed by atoms with van der Waals surface area (Å²) >= 11 is 5.41. The molecule has 0 fully saturated rings. The fourth-order valence-corrected chi connectivity index (χ4v) is 3.42. The normalized spacial score (nSPS) is 13.0. The van der Waals surface area contributed by atoms with Crippen LogP contribution in [-0.2, 0) is 0 Å². The van der Waals surface area contributed by atoms with Gasteiger partial charge in [-0.1, -0.05) is 38.8 Å². The Bertz CT molecular complexity index is 326. The molecule has 1 nitrogen and oxygen atoms in total. The summed E-state index contributed by atoms with van der Waals surface area (Å²) in [5, 5.41) is 0. The van der Waals surface area contributed by atoms with Crippen molar-refractivity contribution in [3.05, 3.63) is 28.7 Å². The van der Waals surface area contributed by atoms with Crippen LogP contribution in [0.25, 0.3) is 0 Å². The zero-order valence-corrected chi connectivity index (χ0v) is 13.1. The summed E-state index contributed by atoms with van der Waals surface area (Å²) in [6, 6.07) is 8.63. The molecule has 2 N–H and O–H groups in total. The van der Waals surface area contributed by atoms with Gasteiger partial charge in [-0.25, -0.2) is 0 Å². The van der Waals surface area contributed by atoms with Crippen LogP contribution >= 0.6 is 27.7 Å². The van der Waals surface area contributed by atoms with Crippen molar-refractivity contribution in [1.29, 1.82) is 0 Å². The van der Waals surface area contributed by atoms with Gasteiger partial charge >= 0.3 is 0 Å². The van der Waals surface area contributed by atoms with E-state index in [1.165, 1.54) is 22.2 Å². The van der Waals surface area contributed by atoms with E-state index < -0.39 is 0 Å². The Balaban J connectivity index is 2.38. The number of hydrogen-bond acceptors (Lipinski definition) is 2. The van der Waals surface area contributed by atoms with Crippen LogP contribution in [0.3, 0.4) is 0 Å². The van der Waals surface area contributed by atoms with E-state index in [1.54, 1.807) is 0 Å². The molecular formula is C14H22BrNS. The van der Waals surface area contributed by atoms with Crippen molar-refractivity contribution in [3.8, 4) is 0 Å². The van der Waals surface area contributed by atoms with Crippen LogP contribution in [0.1, 0.15) is 33.1 Å². The summed E-state index contributed by atoms with van der Waals surface area (Å²) < 4.78 is 1.17. The maximum Gasteiger partial charge on any atom is 0.0311 e. The van der Waals surface area contributed by atoms with Crippen LogP contribution in [-0.4, -0.2) is 11.8 Å². The molecule has 17 heavy (non-hydrogen) atoms. The van der Waals surface area contributed by atoms with Crippen molar-refractivity contribution in [2.24, 2.45) is 11.7 Å². The maximum absolute atomic E-state index is 6.19. The second-order valence-electron chi connectivity index (χ2n) is 4.42. The van der Waals surface area contributed by atoms with Crippen molar-refractivity contribution < 1.29 is 0 Å². The molecule has 0 spiro atoms. The summed E-state index contributed by atoms with van der Waals surface area (Å²) in [6.07, 6.45) is 3.62. The number of benzene rings is 1. The molecule has 0 heterocycles. The molecule has 0 radical (unpaired) electrons. The van der Waals surface area contributed by atoms with E-state index in [0.717, 1.165) is 18.1 Å². The van der Waals surface area contributed by atoms with Crippen molar-refractivity contribution >= 4 is 27.7 Å². The third-order valence-corrected chi connectivity index (χ3v) is 5.30. The molecule has 0 aliphatic carbocycles. The lowest BCUT2D eigenvalue weighted by molar-refractivity contribution is 0.424. The molecule has 0 aromatic heterocycles. The van der Waals surface area contributed by atoms with E-state index >= 15 is 0 Å². The lowest BCUT2D eigenvalue weighted by Crippen LogP contribution is -2.25. The number of hydrogen-bond donors (Lipinski definition) is 1. The van der Waals surface area contributed by atoms with Gasteiger partial charge in [0.15, 0.2) is 0 Å². The minimum absolute atomic E-state index is 0.303. The summed E-state index contributed by atoms with van der Waals surface area (Å²) in [5.41, 5.74) is 6.19. The first-order valence-electron chi connectivity index (χ1n) is 6.30. The summed E-state index contributed by atoms with van der Waals surface area (Å²) in [5.74, 6) is 1.78. The van der Waals surface area contributed by atoms with Gasteiger partial charge in [-0.3, -0.25) is 0 Å². The third-order valence-electron chi connectivity index (χ3n) is 3.08. The van der Waals surface area contributed by atoms with Gasteiger partial charge in [0.05, 0.1) is 0 Å². The van der Waals surface area contributed by atoms with Gasteiger partial charge < -0.3 is 5.73 Å². The Hall–Kier alpha value is 0.01000. The van der Waals surface area contributed by atoms with Gasteiger partial charge in [-0.05, 0) is 40.4 Å². The Kier molecular flexibility index (Phi) is 7.24. The predicted octanol–water partition coefficient (Wildman–Crippen LogP) is 4.69. The van der Waals surface area contributed by atoms with Gasteiger partial charge in [-0.15, -0.1) is 11.8 Å². The van der Waals surface area contributed by atoms with Crippen LogP contribution in [0.4, 0.5) is 0 Å². The highest BCUT2D eigenvalue weighted by atomic mass is 79.9. The highest BCUT2D eigenvalue weighted by molar-refractivity contribution is 9.10. The molecule has 0 aliphatic rings. The molecule has 3 heteroatoms. The SMILES string of the molecule is CCC(CC)CC(N)CSc1ccccc1Br. The lowest BCUT2D eigenvalue weighted by atomic mass is 9.96. The van der Waals surface area contributed by atoms with E-state index in [0.29, 0.717) is 6.04 Å². The predicted molar refractivity (Wildman–Crippen MR) is 81.5 cm³/mol. The average molecular weight is 316 g/mol. The Morgan fingerprint density at radius 2 is 1.88 bits per heavy atom. The summed E-state index contributed by atoms with van der Waals surface area (Å²) in [7, 11) is 0. The maximum atomic E-state index is 6.19. The monoisotopic (exact) mass is 315 g/mol. The minimum atomic E-state index is 0.303. The van der Waals surface area contributed by atoms with E-state index in [-0.39, 0.29) is 0 Å². The Labute approximate surface area is 118 Å². The van der Waals surface area contributed by atoms with Gasteiger partial charge in [0, 0.05) is 21.2 Å².